The topological polar surface area (TPSA) is 84.1 Å². The van der Waals surface area contributed by atoms with Crippen molar-refractivity contribution in [1.29, 1.82) is 0 Å². The number of carbonyl (C=O) groups excluding carboxylic acids is 1. The SMILES string of the molecule is CSc1ccccc1C(=O)N1CCc2nnc(NN)cc2C1. The van der Waals surface area contributed by atoms with Crippen molar-refractivity contribution in [2.24, 2.45) is 5.84 Å². The predicted octanol–water partition coefficient (Wildman–Crippen LogP) is 1.68. The third kappa shape index (κ3) is 2.77. The van der Waals surface area contributed by atoms with Crippen molar-refractivity contribution in [1.82, 2.24) is 15.1 Å². The van der Waals surface area contributed by atoms with Crippen molar-refractivity contribution in [3.8, 4) is 0 Å². The maximum atomic E-state index is 12.8. The van der Waals surface area contributed by atoms with Crippen molar-refractivity contribution in [2.75, 3.05) is 18.2 Å². The molecule has 0 radical (unpaired) electrons. The van der Waals surface area contributed by atoms with Gasteiger partial charge >= 0.3 is 0 Å². The van der Waals surface area contributed by atoms with Crippen molar-refractivity contribution in [3.63, 3.8) is 0 Å². The lowest BCUT2D eigenvalue weighted by Crippen LogP contribution is -2.36. The Balaban J connectivity index is 1.86. The summed E-state index contributed by atoms with van der Waals surface area (Å²) in [6.45, 7) is 1.18. The van der Waals surface area contributed by atoms with Gasteiger partial charge < -0.3 is 10.3 Å². The van der Waals surface area contributed by atoms with Crippen LogP contribution in [0.3, 0.4) is 0 Å². The van der Waals surface area contributed by atoms with Gasteiger partial charge in [0.2, 0.25) is 0 Å². The highest BCUT2D eigenvalue weighted by molar-refractivity contribution is 7.98. The van der Waals surface area contributed by atoms with E-state index in [1.54, 1.807) is 11.8 Å². The van der Waals surface area contributed by atoms with Gasteiger partial charge in [-0.15, -0.1) is 16.9 Å². The first kappa shape index (κ1) is 14.8. The minimum atomic E-state index is 0.0506. The zero-order chi connectivity index (χ0) is 15.5. The lowest BCUT2D eigenvalue weighted by molar-refractivity contribution is 0.0729. The molecule has 22 heavy (non-hydrogen) atoms. The molecular weight excluding hydrogens is 298 g/mol. The van der Waals surface area contributed by atoms with E-state index in [0.29, 0.717) is 25.3 Å². The van der Waals surface area contributed by atoms with Gasteiger partial charge in [-0.3, -0.25) is 4.79 Å². The number of nitrogens with two attached hydrogens (primary N) is 1. The van der Waals surface area contributed by atoms with Crippen LogP contribution in [0, 0.1) is 0 Å². The summed E-state index contributed by atoms with van der Waals surface area (Å²) in [5, 5.41) is 8.13. The van der Waals surface area contributed by atoms with Crippen molar-refractivity contribution in [3.05, 3.63) is 47.2 Å². The normalized spacial score (nSPS) is 13.6. The van der Waals surface area contributed by atoms with E-state index in [1.807, 2.05) is 41.5 Å². The molecule has 0 bridgehead atoms. The maximum absolute atomic E-state index is 12.8. The summed E-state index contributed by atoms with van der Waals surface area (Å²) in [5.41, 5.74) is 5.16. The van der Waals surface area contributed by atoms with Crippen LogP contribution in [0.1, 0.15) is 21.6 Å². The van der Waals surface area contributed by atoms with Crippen molar-refractivity contribution < 1.29 is 4.79 Å². The Morgan fingerprint density at radius 2 is 2.18 bits per heavy atom. The van der Waals surface area contributed by atoms with E-state index < -0.39 is 0 Å². The van der Waals surface area contributed by atoms with E-state index in [1.165, 1.54) is 0 Å². The summed E-state index contributed by atoms with van der Waals surface area (Å²) in [7, 11) is 0. The highest BCUT2D eigenvalue weighted by atomic mass is 32.2. The lowest BCUT2D eigenvalue weighted by atomic mass is 10.1. The number of anilines is 1. The number of thioether (sulfide) groups is 1. The number of nitrogens with one attached hydrogen (secondary N) is 1. The fourth-order valence-electron chi connectivity index (χ4n) is 2.56. The second-order valence-corrected chi connectivity index (χ2v) is 5.87. The third-order valence-electron chi connectivity index (χ3n) is 3.71. The molecule has 6 nitrogen and oxygen atoms in total. The minimum Gasteiger partial charge on any atom is -0.334 e. The molecule has 1 aliphatic rings. The molecule has 0 unspecified atom stereocenters. The second-order valence-electron chi connectivity index (χ2n) is 5.02. The Kier molecular flexibility index (Phi) is 4.26. The van der Waals surface area contributed by atoms with Crippen LogP contribution in [-0.4, -0.2) is 33.8 Å². The Hall–Kier alpha value is -2.12. The molecule has 0 atom stereocenters. The molecule has 1 aromatic carbocycles. The van der Waals surface area contributed by atoms with Gasteiger partial charge in [-0.2, -0.15) is 5.10 Å². The van der Waals surface area contributed by atoms with Crippen LogP contribution in [0.25, 0.3) is 0 Å². The predicted molar refractivity (Wildman–Crippen MR) is 86.5 cm³/mol. The molecule has 1 aliphatic heterocycles. The molecule has 0 fully saturated rings. The van der Waals surface area contributed by atoms with Crippen LogP contribution in [0.4, 0.5) is 5.82 Å². The number of rotatable bonds is 3. The van der Waals surface area contributed by atoms with Crippen LogP contribution in [0.15, 0.2) is 35.2 Å². The van der Waals surface area contributed by atoms with E-state index in [4.69, 9.17) is 5.84 Å². The number of nitrogens with zero attached hydrogens (tertiary/aromatic N) is 3. The molecule has 3 N–H and O–H groups in total. The summed E-state index contributed by atoms with van der Waals surface area (Å²) in [4.78, 5) is 15.6. The summed E-state index contributed by atoms with van der Waals surface area (Å²) in [6.07, 6.45) is 2.69. The first-order valence-electron chi connectivity index (χ1n) is 6.97. The summed E-state index contributed by atoms with van der Waals surface area (Å²) in [6, 6.07) is 9.54. The molecule has 0 aliphatic carbocycles. The van der Waals surface area contributed by atoms with Gasteiger partial charge in [0.25, 0.3) is 5.91 Å². The quantitative estimate of drug-likeness (QED) is 0.509. The average Bonchev–Trinajstić information content (AvgIpc) is 2.60. The monoisotopic (exact) mass is 315 g/mol. The molecule has 7 heteroatoms. The first-order valence-corrected chi connectivity index (χ1v) is 8.19. The van der Waals surface area contributed by atoms with E-state index in [-0.39, 0.29) is 5.91 Å². The lowest BCUT2D eigenvalue weighted by Gasteiger charge is -2.28. The van der Waals surface area contributed by atoms with Gasteiger partial charge in [0.05, 0.1) is 11.3 Å². The number of hydrogen-bond acceptors (Lipinski definition) is 6. The molecule has 3 rings (SSSR count). The van der Waals surface area contributed by atoms with Crippen LogP contribution >= 0.6 is 11.8 Å². The average molecular weight is 315 g/mol. The first-order chi connectivity index (χ1) is 10.7. The number of carbonyl (C=O) groups is 1. The zero-order valence-electron chi connectivity index (χ0n) is 12.2. The standard InChI is InChI=1S/C15H17N5OS/c1-22-13-5-3-2-4-11(13)15(21)20-7-6-12-10(9-20)8-14(17-16)19-18-12/h2-5,8H,6-7,9,16H2,1H3,(H,17,19). The van der Waals surface area contributed by atoms with Crippen LogP contribution in [-0.2, 0) is 13.0 Å². The number of hydrogen-bond donors (Lipinski definition) is 2. The molecule has 114 valence electrons. The molecule has 1 amide bonds. The molecule has 2 heterocycles. The number of amides is 1. The van der Waals surface area contributed by atoms with Crippen LogP contribution in [0.5, 0.6) is 0 Å². The minimum absolute atomic E-state index is 0.0506. The maximum Gasteiger partial charge on any atom is 0.255 e. The highest BCUT2D eigenvalue weighted by Gasteiger charge is 2.24. The largest absolute Gasteiger partial charge is 0.334 e. The number of nitrogen functional groups attached to an aromatic ring is 1. The van der Waals surface area contributed by atoms with E-state index in [9.17, 15) is 4.79 Å². The Labute approximate surface area is 133 Å². The number of fused-ring (bicyclic) bond motifs is 1. The fourth-order valence-corrected chi connectivity index (χ4v) is 3.15. The summed E-state index contributed by atoms with van der Waals surface area (Å²) < 4.78 is 0. The summed E-state index contributed by atoms with van der Waals surface area (Å²) >= 11 is 1.58. The Morgan fingerprint density at radius 1 is 1.36 bits per heavy atom. The smallest absolute Gasteiger partial charge is 0.255 e. The third-order valence-corrected chi connectivity index (χ3v) is 4.51. The molecule has 0 saturated carbocycles. The van der Waals surface area contributed by atoms with Gasteiger partial charge in [0.1, 0.15) is 0 Å². The molecule has 0 saturated heterocycles. The van der Waals surface area contributed by atoms with Gasteiger partial charge in [0.15, 0.2) is 5.82 Å². The molecule has 0 spiro atoms. The van der Waals surface area contributed by atoms with E-state index in [0.717, 1.165) is 21.7 Å². The zero-order valence-corrected chi connectivity index (χ0v) is 13.1. The molecule has 2 aromatic rings. The molecular formula is C15H17N5OS. The van der Waals surface area contributed by atoms with E-state index in [2.05, 4.69) is 15.6 Å². The van der Waals surface area contributed by atoms with Gasteiger partial charge in [-0.25, -0.2) is 5.84 Å². The fraction of sp³-hybridized carbons (Fsp3) is 0.267. The van der Waals surface area contributed by atoms with Gasteiger partial charge in [0, 0.05) is 24.4 Å². The van der Waals surface area contributed by atoms with Crippen molar-refractivity contribution >= 4 is 23.5 Å². The van der Waals surface area contributed by atoms with E-state index >= 15 is 0 Å². The number of aromatic nitrogens is 2. The van der Waals surface area contributed by atoms with Crippen molar-refractivity contribution in [2.45, 2.75) is 17.9 Å². The molecule has 1 aromatic heterocycles. The van der Waals surface area contributed by atoms with Crippen LogP contribution < -0.4 is 11.3 Å². The Bertz CT molecular complexity index is 706. The number of benzene rings is 1. The highest BCUT2D eigenvalue weighted by Crippen LogP contribution is 2.24. The van der Waals surface area contributed by atoms with Gasteiger partial charge in [-0.1, -0.05) is 12.1 Å². The second kappa shape index (κ2) is 6.33. The summed E-state index contributed by atoms with van der Waals surface area (Å²) in [5.74, 6) is 5.93. The number of hydrazine groups is 1. The van der Waals surface area contributed by atoms with Gasteiger partial charge in [-0.05, 0) is 30.0 Å². The van der Waals surface area contributed by atoms with Crippen LogP contribution in [0.2, 0.25) is 0 Å². The Morgan fingerprint density at radius 3 is 2.95 bits per heavy atom.